The molecule has 3 rings (SSSR count). The maximum atomic E-state index is 15.0. The molecule has 1 saturated carbocycles. The number of carboxylic acid groups (broad SMARTS) is 1. The summed E-state index contributed by atoms with van der Waals surface area (Å²) in [6.07, 6.45) is -1.51. The number of hydrogen-bond donors (Lipinski definition) is 4. The van der Waals surface area contributed by atoms with Crippen LogP contribution in [0, 0.1) is 17.3 Å². The van der Waals surface area contributed by atoms with E-state index in [1.54, 1.807) is 71.9 Å². The number of carbonyl (C=O) groups excluding carboxylic acids is 5. The normalized spacial score (nSPS) is 22.7. The van der Waals surface area contributed by atoms with Crippen molar-refractivity contribution in [1.29, 1.82) is 0 Å². The van der Waals surface area contributed by atoms with Crippen molar-refractivity contribution in [2.75, 3.05) is 6.54 Å². The Balaban J connectivity index is 1.82. The fourth-order valence-corrected chi connectivity index (χ4v) is 6.26. The van der Waals surface area contributed by atoms with Crippen molar-refractivity contribution >= 4 is 35.6 Å². The molecular weight excluding hydrogens is 599 g/mol. The lowest BCUT2D eigenvalue weighted by Crippen LogP contribution is -2.60. The molecule has 13 heteroatoms. The molecule has 3 unspecified atom stereocenters. The van der Waals surface area contributed by atoms with Crippen LogP contribution in [-0.4, -0.2) is 88.6 Å². The highest BCUT2D eigenvalue weighted by Gasteiger charge is 2.55. The van der Waals surface area contributed by atoms with Crippen LogP contribution in [0.2, 0.25) is 0 Å². The second-order valence-corrected chi connectivity index (χ2v) is 13.5. The summed E-state index contributed by atoms with van der Waals surface area (Å²) < 4.78 is 20.2. The number of alkyl carbamates (subject to hydrolysis) is 1. The zero-order valence-corrected chi connectivity index (χ0v) is 27.4. The molecule has 254 valence electrons. The number of amides is 4. The first-order valence-corrected chi connectivity index (χ1v) is 15.9. The fourth-order valence-electron chi connectivity index (χ4n) is 6.26. The minimum atomic E-state index is -1.38. The van der Waals surface area contributed by atoms with Crippen molar-refractivity contribution in [2.45, 2.75) is 110 Å². The number of nitrogens with zero attached hydrogens (tertiary/aromatic N) is 1. The Kier molecular flexibility index (Phi) is 12.3. The molecule has 0 radical (unpaired) electrons. The van der Waals surface area contributed by atoms with Gasteiger partial charge in [0.25, 0.3) is 5.91 Å². The first-order valence-electron chi connectivity index (χ1n) is 15.9. The number of carboxylic acids is 1. The number of alkyl halides is 1. The molecule has 1 saturated heterocycles. The number of benzene rings is 1. The number of halogens is 1. The molecule has 12 nitrogen and oxygen atoms in total. The van der Waals surface area contributed by atoms with E-state index in [0.29, 0.717) is 18.4 Å². The van der Waals surface area contributed by atoms with Crippen LogP contribution >= 0.6 is 0 Å². The molecule has 46 heavy (non-hydrogen) atoms. The lowest BCUT2D eigenvalue weighted by atomic mass is 9.85. The smallest absolute Gasteiger partial charge is 0.408 e. The molecule has 4 amide bonds. The zero-order chi connectivity index (χ0) is 34.3. The summed E-state index contributed by atoms with van der Waals surface area (Å²) in [6.45, 7) is 10.3. The molecule has 1 aliphatic heterocycles. The number of hydrogen-bond acceptors (Lipinski definition) is 7. The SMILES string of the molecule is CCCC(NC(=O)C1[C@H]2CC[C@H](F)[C@H]2CN1C(=O)C(NC(=O)OC(C)C)C(C)(C)C)C(=O)C(=O)N[C@H](Cc1ccccc1)C(=O)O. The van der Waals surface area contributed by atoms with Crippen molar-refractivity contribution in [2.24, 2.45) is 17.3 Å². The van der Waals surface area contributed by atoms with E-state index in [4.69, 9.17) is 4.74 Å². The second-order valence-electron chi connectivity index (χ2n) is 13.5. The van der Waals surface area contributed by atoms with Crippen LogP contribution in [0.15, 0.2) is 30.3 Å². The van der Waals surface area contributed by atoms with Gasteiger partial charge in [-0.3, -0.25) is 19.2 Å². The van der Waals surface area contributed by atoms with Gasteiger partial charge >= 0.3 is 12.1 Å². The predicted molar refractivity (Wildman–Crippen MR) is 166 cm³/mol. The summed E-state index contributed by atoms with van der Waals surface area (Å²) in [7, 11) is 0. The predicted octanol–water partition coefficient (Wildman–Crippen LogP) is 2.78. The van der Waals surface area contributed by atoms with Crippen LogP contribution in [0.25, 0.3) is 0 Å². The Hall–Kier alpha value is -4.03. The third-order valence-corrected chi connectivity index (χ3v) is 8.53. The third kappa shape index (κ3) is 9.03. The molecule has 1 aromatic rings. The van der Waals surface area contributed by atoms with Gasteiger partial charge < -0.3 is 30.7 Å². The van der Waals surface area contributed by atoms with Crippen molar-refractivity contribution in [1.82, 2.24) is 20.9 Å². The van der Waals surface area contributed by atoms with Gasteiger partial charge in [-0.2, -0.15) is 0 Å². The van der Waals surface area contributed by atoms with Gasteiger partial charge in [-0.25, -0.2) is 14.0 Å². The molecule has 7 atom stereocenters. The van der Waals surface area contributed by atoms with Crippen LogP contribution in [0.1, 0.15) is 72.8 Å². The maximum Gasteiger partial charge on any atom is 0.408 e. The highest BCUT2D eigenvalue weighted by atomic mass is 19.1. The number of aliphatic carboxylic acids is 1. The van der Waals surface area contributed by atoms with E-state index in [-0.39, 0.29) is 25.8 Å². The fraction of sp³-hybridized carbons (Fsp3) is 0.636. The van der Waals surface area contributed by atoms with E-state index < -0.39 is 89.3 Å². The molecule has 2 fully saturated rings. The Bertz CT molecular complexity index is 1280. The third-order valence-electron chi connectivity index (χ3n) is 8.53. The van der Waals surface area contributed by atoms with E-state index in [9.17, 15) is 38.3 Å². The second kappa shape index (κ2) is 15.5. The lowest BCUT2D eigenvalue weighted by molar-refractivity contribution is -0.146. The van der Waals surface area contributed by atoms with Crippen LogP contribution in [0.4, 0.5) is 9.18 Å². The van der Waals surface area contributed by atoms with Gasteiger partial charge in [0.1, 0.15) is 24.3 Å². The highest BCUT2D eigenvalue weighted by Crippen LogP contribution is 2.44. The van der Waals surface area contributed by atoms with E-state index in [1.807, 2.05) is 0 Å². The van der Waals surface area contributed by atoms with Gasteiger partial charge in [0.15, 0.2) is 0 Å². The summed E-state index contributed by atoms with van der Waals surface area (Å²) >= 11 is 0. The van der Waals surface area contributed by atoms with Crippen molar-refractivity contribution < 1.29 is 43.0 Å². The first-order chi connectivity index (χ1) is 21.5. The van der Waals surface area contributed by atoms with Gasteiger partial charge in [0.05, 0.1) is 12.1 Å². The van der Waals surface area contributed by atoms with E-state index in [0.717, 1.165) is 0 Å². The molecule has 1 aromatic carbocycles. The molecular formula is C33H47FN4O8. The van der Waals surface area contributed by atoms with E-state index >= 15 is 0 Å². The number of Topliss-reactive ketones (excluding diaryl/α,β-unsaturated/α-hetero) is 1. The standard InChI is InChI=1S/C33H47FN4O8/c1-7-11-23(26(39)29(41)36-24(31(43)44)16-19-12-9-8-10-13-19)35-28(40)25-20-14-15-22(34)21(20)17-38(25)30(42)27(33(4,5)6)37-32(45)46-18(2)3/h8-10,12-13,18,20-25,27H,7,11,14-17H2,1-6H3,(H,35,40)(H,36,41)(H,37,45)(H,43,44)/t20-,21-,22-,23?,24+,25?,27?/m0/s1. The topological polar surface area (TPSA) is 171 Å². The van der Waals surface area contributed by atoms with E-state index in [1.165, 1.54) is 4.90 Å². The molecule has 0 bridgehead atoms. The Morgan fingerprint density at radius 1 is 0.978 bits per heavy atom. The Morgan fingerprint density at radius 3 is 2.20 bits per heavy atom. The van der Waals surface area contributed by atoms with Gasteiger partial charge in [-0.1, -0.05) is 64.4 Å². The van der Waals surface area contributed by atoms with Gasteiger partial charge in [-0.15, -0.1) is 0 Å². The van der Waals surface area contributed by atoms with Gasteiger partial charge in [0, 0.05) is 18.9 Å². The van der Waals surface area contributed by atoms with E-state index in [2.05, 4.69) is 16.0 Å². The molecule has 0 spiro atoms. The highest BCUT2D eigenvalue weighted by molar-refractivity contribution is 6.38. The average Bonchev–Trinajstić information content (AvgIpc) is 3.53. The average molecular weight is 647 g/mol. The molecule has 0 aromatic heterocycles. The number of rotatable bonds is 13. The van der Waals surface area contributed by atoms with Crippen LogP contribution in [0.3, 0.4) is 0 Å². The van der Waals surface area contributed by atoms with Crippen LogP contribution < -0.4 is 16.0 Å². The lowest BCUT2D eigenvalue weighted by Gasteiger charge is -2.36. The van der Waals surface area contributed by atoms with Crippen LogP contribution in [-0.2, 0) is 35.1 Å². The summed E-state index contributed by atoms with van der Waals surface area (Å²) in [5.74, 6) is -5.96. The van der Waals surface area contributed by atoms with Crippen molar-refractivity contribution in [3.05, 3.63) is 35.9 Å². The Labute approximate surface area is 269 Å². The van der Waals surface area contributed by atoms with Crippen molar-refractivity contribution in [3.8, 4) is 0 Å². The molecule has 1 aliphatic carbocycles. The molecule has 1 heterocycles. The summed E-state index contributed by atoms with van der Waals surface area (Å²) in [6, 6.07) is 3.66. The number of likely N-dealkylation sites (tertiary alicyclic amines) is 1. The van der Waals surface area contributed by atoms with Gasteiger partial charge in [0.2, 0.25) is 17.6 Å². The molecule has 4 N–H and O–H groups in total. The number of ether oxygens (including phenoxy) is 1. The maximum absolute atomic E-state index is 15.0. The minimum Gasteiger partial charge on any atom is -0.480 e. The number of nitrogens with one attached hydrogen (secondary N) is 3. The summed E-state index contributed by atoms with van der Waals surface area (Å²) in [4.78, 5) is 79.9. The largest absolute Gasteiger partial charge is 0.480 e. The molecule has 2 aliphatic rings. The zero-order valence-electron chi connectivity index (χ0n) is 27.4. The van der Waals surface area contributed by atoms with Crippen molar-refractivity contribution in [3.63, 3.8) is 0 Å². The first kappa shape index (κ1) is 36.4. The summed E-state index contributed by atoms with van der Waals surface area (Å²) in [5.41, 5.74) is -0.162. The quantitative estimate of drug-likeness (QED) is 0.237. The van der Waals surface area contributed by atoms with Crippen LogP contribution in [0.5, 0.6) is 0 Å². The minimum absolute atomic E-state index is 0.0527. The number of ketones is 1. The van der Waals surface area contributed by atoms with Gasteiger partial charge in [-0.05, 0) is 50.0 Å². The monoisotopic (exact) mass is 646 g/mol. The number of carbonyl (C=O) groups is 6. The summed E-state index contributed by atoms with van der Waals surface area (Å²) in [5, 5.41) is 17.2. The Morgan fingerprint density at radius 2 is 1.63 bits per heavy atom. The number of fused-ring (bicyclic) bond motifs is 1.